The van der Waals surface area contributed by atoms with Crippen molar-refractivity contribution in [2.45, 2.75) is 6.42 Å². The minimum atomic E-state index is -0.325. The van der Waals surface area contributed by atoms with E-state index in [1.807, 2.05) is 18.2 Å². The van der Waals surface area contributed by atoms with Crippen LogP contribution in [-0.2, 0) is 0 Å². The molecule has 1 aromatic rings. The molecule has 0 saturated carbocycles. The van der Waals surface area contributed by atoms with Crippen LogP contribution in [0.5, 0.6) is 5.75 Å². The Hall–Kier alpha value is -0.830. The molecule has 76 valence electrons. The molecule has 0 saturated heterocycles. The maximum atomic E-state index is 13.2. The van der Waals surface area contributed by atoms with E-state index in [1.165, 1.54) is 13.2 Å². The molecule has 0 radical (unpaired) electrons. The van der Waals surface area contributed by atoms with Crippen molar-refractivity contribution in [1.82, 2.24) is 0 Å². The molecular formula is C11H12BrFO. The number of alkyl halides is 1. The normalized spacial score (nSPS) is 10.8. The van der Waals surface area contributed by atoms with Crippen LogP contribution in [0.15, 0.2) is 24.3 Å². The van der Waals surface area contributed by atoms with Gasteiger partial charge in [-0.05, 0) is 24.1 Å². The molecular weight excluding hydrogens is 247 g/mol. The highest BCUT2D eigenvalue weighted by Gasteiger charge is 2.00. The first-order chi connectivity index (χ1) is 6.77. The predicted molar refractivity (Wildman–Crippen MR) is 60.4 cm³/mol. The van der Waals surface area contributed by atoms with Crippen LogP contribution in [0.4, 0.5) is 4.39 Å². The SMILES string of the molecule is COc1ccc(C=CCCBr)cc1F. The number of allylic oxidation sites excluding steroid dienone is 1. The molecule has 1 rings (SSSR count). The molecule has 0 N–H and O–H groups in total. The monoisotopic (exact) mass is 258 g/mol. The second kappa shape index (κ2) is 5.81. The number of methoxy groups -OCH3 is 1. The van der Waals surface area contributed by atoms with E-state index in [1.54, 1.807) is 6.07 Å². The maximum absolute atomic E-state index is 13.2. The summed E-state index contributed by atoms with van der Waals surface area (Å²) in [6, 6.07) is 4.92. The van der Waals surface area contributed by atoms with E-state index in [-0.39, 0.29) is 11.6 Å². The van der Waals surface area contributed by atoms with Crippen molar-refractivity contribution >= 4 is 22.0 Å². The zero-order chi connectivity index (χ0) is 10.4. The molecule has 0 heterocycles. The summed E-state index contributed by atoms with van der Waals surface area (Å²) < 4.78 is 18.0. The molecule has 0 aliphatic heterocycles. The summed E-state index contributed by atoms with van der Waals surface area (Å²) in [6.45, 7) is 0. The van der Waals surface area contributed by atoms with E-state index in [2.05, 4.69) is 15.9 Å². The van der Waals surface area contributed by atoms with E-state index in [0.29, 0.717) is 0 Å². The van der Waals surface area contributed by atoms with Crippen LogP contribution >= 0.6 is 15.9 Å². The Balaban J connectivity index is 2.76. The Labute approximate surface area is 91.7 Å². The summed E-state index contributed by atoms with van der Waals surface area (Å²) in [5, 5.41) is 0.919. The van der Waals surface area contributed by atoms with Crippen LogP contribution in [0.25, 0.3) is 6.08 Å². The molecule has 0 aliphatic carbocycles. The number of rotatable bonds is 4. The van der Waals surface area contributed by atoms with Crippen LogP contribution in [0.2, 0.25) is 0 Å². The molecule has 0 fully saturated rings. The van der Waals surface area contributed by atoms with Gasteiger partial charge in [0.15, 0.2) is 11.6 Å². The largest absolute Gasteiger partial charge is 0.494 e. The molecule has 1 nitrogen and oxygen atoms in total. The highest BCUT2D eigenvalue weighted by Crippen LogP contribution is 2.18. The smallest absolute Gasteiger partial charge is 0.165 e. The lowest BCUT2D eigenvalue weighted by Crippen LogP contribution is -1.87. The van der Waals surface area contributed by atoms with Crippen LogP contribution < -0.4 is 4.74 Å². The standard InChI is InChI=1S/C11H12BrFO/c1-14-11-6-5-9(8-10(11)13)4-2-3-7-12/h2,4-6,8H,3,7H2,1H3. The molecule has 1 aromatic carbocycles. The minimum Gasteiger partial charge on any atom is -0.494 e. The number of hydrogen-bond acceptors (Lipinski definition) is 1. The third-order valence-electron chi connectivity index (χ3n) is 1.76. The quantitative estimate of drug-likeness (QED) is 0.750. The fraction of sp³-hybridized carbons (Fsp3) is 0.273. The van der Waals surface area contributed by atoms with Crippen molar-refractivity contribution in [3.05, 3.63) is 35.7 Å². The lowest BCUT2D eigenvalue weighted by Gasteiger charge is -2.01. The summed E-state index contributed by atoms with van der Waals surface area (Å²) in [7, 11) is 1.46. The summed E-state index contributed by atoms with van der Waals surface area (Å²) in [5.74, 6) is -0.0452. The second-order valence-electron chi connectivity index (χ2n) is 2.77. The van der Waals surface area contributed by atoms with Crippen molar-refractivity contribution in [3.8, 4) is 5.75 Å². The van der Waals surface area contributed by atoms with Gasteiger partial charge in [-0.15, -0.1) is 0 Å². The highest BCUT2D eigenvalue weighted by molar-refractivity contribution is 9.09. The average Bonchev–Trinajstić information content (AvgIpc) is 2.18. The first kappa shape index (κ1) is 11.2. The minimum absolute atomic E-state index is 0.280. The number of ether oxygens (including phenoxy) is 1. The first-order valence-electron chi connectivity index (χ1n) is 4.34. The topological polar surface area (TPSA) is 9.23 Å². The molecule has 0 atom stereocenters. The third kappa shape index (κ3) is 3.14. The highest BCUT2D eigenvalue weighted by atomic mass is 79.9. The summed E-state index contributed by atoms with van der Waals surface area (Å²) in [6.07, 6.45) is 4.83. The molecule has 0 spiro atoms. The summed E-state index contributed by atoms with van der Waals surface area (Å²) in [5.41, 5.74) is 0.851. The lowest BCUT2D eigenvalue weighted by atomic mass is 10.2. The van der Waals surface area contributed by atoms with E-state index in [0.717, 1.165) is 17.3 Å². The average molecular weight is 259 g/mol. The molecule has 0 aliphatic rings. The van der Waals surface area contributed by atoms with Crippen LogP contribution in [0.3, 0.4) is 0 Å². The molecule has 0 bridgehead atoms. The Bertz CT molecular complexity index is 323. The van der Waals surface area contributed by atoms with Crippen LogP contribution in [-0.4, -0.2) is 12.4 Å². The van der Waals surface area contributed by atoms with Crippen molar-refractivity contribution in [2.24, 2.45) is 0 Å². The van der Waals surface area contributed by atoms with Gasteiger partial charge < -0.3 is 4.74 Å². The predicted octanol–water partition coefficient (Wildman–Crippen LogP) is 3.63. The number of hydrogen-bond donors (Lipinski definition) is 0. The van der Waals surface area contributed by atoms with Gasteiger partial charge in [0.1, 0.15) is 0 Å². The van der Waals surface area contributed by atoms with Crippen molar-refractivity contribution in [2.75, 3.05) is 12.4 Å². The van der Waals surface area contributed by atoms with E-state index >= 15 is 0 Å². The zero-order valence-electron chi connectivity index (χ0n) is 7.97. The molecule has 0 amide bonds. The third-order valence-corrected chi connectivity index (χ3v) is 2.22. The van der Waals surface area contributed by atoms with Gasteiger partial charge in [0.25, 0.3) is 0 Å². The second-order valence-corrected chi connectivity index (χ2v) is 3.57. The lowest BCUT2D eigenvalue weighted by molar-refractivity contribution is 0.386. The van der Waals surface area contributed by atoms with Gasteiger partial charge in [0, 0.05) is 5.33 Å². The van der Waals surface area contributed by atoms with Crippen molar-refractivity contribution < 1.29 is 9.13 Å². The van der Waals surface area contributed by atoms with Crippen LogP contribution in [0, 0.1) is 5.82 Å². The van der Waals surface area contributed by atoms with Crippen molar-refractivity contribution in [3.63, 3.8) is 0 Å². The molecule has 14 heavy (non-hydrogen) atoms. The summed E-state index contributed by atoms with van der Waals surface area (Å²) >= 11 is 3.31. The maximum Gasteiger partial charge on any atom is 0.165 e. The molecule has 3 heteroatoms. The van der Waals surface area contributed by atoms with Gasteiger partial charge in [-0.1, -0.05) is 34.1 Å². The fourth-order valence-corrected chi connectivity index (χ4v) is 1.33. The zero-order valence-corrected chi connectivity index (χ0v) is 9.55. The fourth-order valence-electron chi connectivity index (χ4n) is 1.07. The van der Waals surface area contributed by atoms with Gasteiger partial charge in [-0.3, -0.25) is 0 Å². The first-order valence-corrected chi connectivity index (χ1v) is 5.46. The van der Waals surface area contributed by atoms with E-state index in [4.69, 9.17) is 4.74 Å². The Morgan fingerprint density at radius 1 is 1.50 bits per heavy atom. The molecule has 0 unspecified atom stereocenters. The number of halogens is 2. The van der Waals surface area contributed by atoms with Gasteiger partial charge in [-0.25, -0.2) is 4.39 Å². The Morgan fingerprint density at radius 2 is 2.29 bits per heavy atom. The van der Waals surface area contributed by atoms with Gasteiger partial charge in [0.05, 0.1) is 7.11 Å². The van der Waals surface area contributed by atoms with E-state index in [9.17, 15) is 4.39 Å². The van der Waals surface area contributed by atoms with Crippen molar-refractivity contribution in [1.29, 1.82) is 0 Å². The van der Waals surface area contributed by atoms with E-state index < -0.39 is 0 Å². The van der Waals surface area contributed by atoms with Crippen LogP contribution in [0.1, 0.15) is 12.0 Å². The summed E-state index contributed by atoms with van der Waals surface area (Å²) in [4.78, 5) is 0. The number of benzene rings is 1. The molecule has 0 aromatic heterocycles. The van der Waals surface area contributed by atoms with Gasteiger partial charge in [0.2, 0.25) is 0 Å². The van der Waals surface area contributed by atoms with Gasteiger partial charge in [-0.2, -0.15) is 0 Å². The Kier molecular flexibility index (Phi) is 4.66. The Morgan fingerprint density at radius 3 is 2.86 bits per heavy atom. The van der Waals surface area contributed by atoms with Gasteiger partial charge >= 0.3 is 0 Å².